The Hall–Kier alpha value is -7.18. The molecule has 6 heteroatoms. The summed E-state index contributed by atoms with van der Waals surface area (Å²) in [4.78, 5) is 15.4. The minimum Gasteiger partial charge on any atom is -0.311 e. The van der Waals surface area contributed by atoms with Crippen LogP contribution in [0.25, 0.3) is 39.4 Å². The number of pyridine rings is 1. The maximum absolute atomic E-state index is 5.37. The van der Waals surface area contributed by atoms with Crippen LogP contribution in [0.2, 0.25) is 0 Å². The molecule has 0 radical (unpaired) electrons. The van der Waals surface area contributed by atoms with E-state index in [2.05, 4.69) is 213 Å². The number of hydrogen-bond acceptors (Lipinski definition) is 4. The third kappa shape index (κ3) is 6.47. The molecule has 0 unspecified atom stereocenters. The maximum Gasteiger partial charge on any atom is 0.252 e. The summed E-state index contributed by atoms with van der Waals surface area (Å²) < 4.78 is 2.32. The minimum atomic E-state index is -0.0778. The van der Waals surface area contributed by atoms with Gasteiger partial charge in [-0.05, 0) is 160 Å². The highest BCUT2D eigenvalue weighted by Crippen LogP contribution is 2.46. The van der Waals surface area contributed by atoms with Gasteiger partial charge in [0.05, 0.1) is 16.7 Å². The van der Waals surface area contributed by atoms with E-state index in [4.69, 9.17) is 9.97 Å². The Balaban J connectivity index is 1.22. The van der Waals surface area contributed by atoms with E-state index in [0.29, 0.717) is 5.92 Å². The van der Waals surface area contributed by atoms with Gasteiger partial charge in [-0.2, -0.15) is 0 Å². The van der Waals surface area contributed by atoms with Crippen LogP contribution in [0.1, 0.15) is 62.8 Å². The minimum absolute atomic E-state index is 0.0778. The van der Waals surface area contributed by atoms with Gasteiger partial charge in [-0.25, -0.2) is 4.98 Å². The molecule has 7 aromatic carbocycles. The Kier molecular flexibility index (Phi) is 9.60. The lowest BCUT2D eigenvalue weighted by atomic mass is 9.33. The van der Waals surface area contributed by atoms with Gasteiger partial charge in [0.25, 0.3) is 6.71 Å². The Morgan fingerprint density at radius 3 is 1.68 bits per heavy atom. The van der Waals surface area contributed by atoms with Crippen molar-refractivity contribution in [2.45, 2.75) is 59.8 Å². The van der Waals surface area contributed by atoms with E-state index < -0.39 is 0 Å². The average molecular weight is 816 g/mol. The van der Waals surface area contributed by atoms with E-state index in [-0.39, 0.29) is 6.71 Å². The third-order valence-corrected chi connectivity index (χ3v) is 13.3. The second-order valence-electron chi connectivity index (χ2n) is 17.3. The van der Waals surface area contributed by atoms with Crippen molar-refractivity contribution in [1.82, 2.24) is 14.5 Å². The summed E-state index contributed by atoms with van der Waals surface area (Å²) in [5.74, 6) is 1.32. The molecule has 63 heavy (non-hydrogen) atoms. The first-order valence-electron chi connectivity index (χ1n) is 22.6. The zero-order valence-electron chi connectivity index (χ0n) is 36.7. The van der Waals surface area contributed by atoms with Crippen LogP contribution in [0.3, 0.4) is 0 Å². The highest BCUT2D eigenvalue weighted by Gasteiger charge is 2.44. The van der Waals surface area contributed by atoms with Gasteiger partial charge in [0.15, 0.2) is 0 Å². The van der Waals surface area contributed by atoms with E-state index in [9.17, 15) is 0 Å². The van der Waals surface area contributed by atoms with Crippen LogP contribution in [-0.4, -0.2) is 21.2 Å². The first-order valence-corrected chi connectivity index (χ1v) is 22.6. The van der Waals surface area contributed by atoms with Crippen molar-refractivity contribution in [3.8, 4) is 28.3 Å². The van der Waals surface area contributed by atoms with Crippen LogP contribution < -0.4 is 26.2 Å². The van der Waals surface area contributed by atoms with Gasteiger partial charge in [0.2, 0.25) is 0 Å². The zero-order chi connectivity index (χ0) is 42.8. The number of aryl methyl sites for hydroxylation is 3. The summed E-state index contributed by atoms with van der Waals surface area (Å²) in [6, 6.07) is 60.9. The number of anilines is 6. The molecule has 2 aromatic heterocycles. The Bertz CT molecular complexity index is 3150. The summed E-state index contributed by atoms with van der Waals surface area (Å²) >= 11 is 0. The Morgan fingerprint density at radius 2 is 1.08 bits per heavy atom. The average Bonchev–Trinajstić information content (AvgIpc) is 3.74. The molecule has 2 aliphatic rings. The fourth-order valence-electron chi connectivity index (χ4n) is 9.90. The molecular formula is C57H50BN5. The second kappa shape index (κ2) is 15.6. The van der Waals surface area contributed by atoms with Crippen LogP contribution in [0.5, 0.6) is 0 Å². The largest absolute Gasteiger partial charge is 0.311 e. The van der Waals surface area contributed by atoms with Crippen molar-refractivity contribution >= 4 is 68.3 Å². The van der Waals surface area contributed by atoms with Gasteiger partial charge < -0.3 is 9.80 Å². The lowest BCUT2D eigenvalue weighted by molar-refractivity contribution is 0.864. The summed E-state index contributed by atoms with van der Waals surface area (Å²) in [6.07, 6.45) is 4.87. The molecule has 5 nitrogen and oxygen atoms in total. The first-order chi connectivity index (χ1) is 30.9. The second-order valence-corrected chi connectivity index (χ2v) is 17.3. The molecule has 2 aliphatic heterocycles. The standard InChI is InChI=1S/C57H50BN5/c1-6-38-18-24-45(25-19-38)61-51-28-22-42(50-36-41(37(4)5)30-31-59-50)34-47(51)58-48-35-43(57-60-49-16-12-13-17-53(49)63(57)44-14-10-9-11-15-44)23-29-52(48)62(46-26-20-39(7-2)21-27-46)55-33-40(8-3)32-54(61)56(55)58/h9-37H,6-8H2,1-5H3. The zero-order valence-corrected chi connectivity index (χ0v) is 36.7. The van der Waals surface area contributed by atoms with Gasteiger partial charge in [0.1, 0.15) is 5.82 Å². The van der Waals surface area contributed by atoms with Crippen LogP contribution in [0, 0.1) is 0 Å². The molecule has 4 heterocycles. The number of rotatable bonds is 9. The highest BCUT2D eigenvalue weighted by molar-refractivity contribution is 7.00. The smallest absolute Gasteiger partial charge is 0.252 e. The fraction of sp³-hybridized carbons (Fsp3) is 0.158. The Labute approximate surface area is 371 Å². The van der Waals surface area contributed by atoms with Crippen LogP contribution in [0.4, 0.5) is 34.1 Å². The Morgan fingerprint density at radius 1 is 0.508 bits per heavy atom. The number of imidazole rings is 1. The van der Waals surface area contributed by atoms with Crippen LogP contribution in [0.15, 0.2) is 170 Å². The lowest BCUT2D eigenvalue weighted by Gasteiger charge is -2.44. The lowest BCUT2D eigenvalue weighted by Crippen LogP contribution is -2.61. The van der Waals surface area contributed by atoms with Gasteiger partial charge in [0, 0.05) is 51.6 Å². The van der Waals surface area contributed by atoms with E-state index in [1.807, 2.05) is 6.20 Å². The maximum atomic E-state index is 5.37. The van der Waals surface area contributed by atoms with Crippen molar-refractivity contribution in [3.05, 3.63) is 192 Å². The molecule has 0 amide bonds. The molecule has 0 spiro atoms. The highest BCUT2D eigenvalue weighted by atomic mass is 15.2. The van der Waals surface area contributed by atoms with Gasteiger partial charge in [-0.1, -0.05) is 107 Å². The van der Waals surface area contributed by atoms with Gasteiger partial charge in [-0.15, -0.1) is 0 Å². The molecule has 0 atom stereocenters. The summed E-state index contributed by atoms with van der Waals surface area (Å²) in [5.41, 5.74) is 22.5. The molecule has 0 N–H and O–H groups in total. The molecular weight excluding hydrogens is 765 g/mol. The van der Waals surface area contributed by atoms with Gasteiger partial charge >= 0.3 is 0 Å². The number of hydrogen-bond donors (Lipinski definition) is 0. The van der Waals surface area contributed by atoms with Crippen molar-refractivity contribution in [2.75, 3.05) is 9.80 Å². The predicted octanol–water partition coefficient (Wildman–Crippen LogP) is 12.6. The quantitative estimate of drug-likeness (QED) is 0.136. The summed E-state index contributed by atoms with van der Waals surface area (Å²) in [5, 5.41) is 0. The summed E-state index contributed by atoms with van der Waals surface area (Å²) in [7, 11) is 0. The number of aromatic nitrogens is 3. The van der Waals surface area contributed by atoms with Crippen molar-refractivity contribution < 1.29 is 0 Å². The summed E-state index contributed by atoms with van der Waals surface area (Å²) in [6.45, 7) is 11.1. The van der Waals surface area contributed by atoms with Crippen LogP contribution in [-0.2, 0) is 19.3 Å². The number of nitrogens with zero attached hydrogens (tertiary/aromatic N) is 5. The topological polar surface area (TPSA) is 37.2 Å². The van der Waals surface area contributed by atoms with Crippen molar-refractivity contribution in [1.29, 1.82) is 0 Å². The number of benzene rings is 7. The molecule has 0 aliphatic carbocycles. The molecule has 0 fully saturated rings. The molecule has 11 rings (SSSR count). The monoisotopic (exact) mass is 815 g/mol. The van der Waals surface area contributed by atoms with E-state index in [1.165, 1.54) is 61.4 Å². The SMILES string of the molecule is CCc1ccc(N2c3ccc(-c4cc(C(C)C)ccn4)cc3B3c4cc(-c5nc6ccccc6n5-c5ccccc5)ccc4N(c4ccc(CC)cc4)c4cc(CC)cc2c43)cc1. The molecule has 0 bridgehead atoms. The molecule has 0 saturated carbocycles. The molecule has 0 saturated heterocycles. The number of fused-ring (bicyclic) bond motifs is 5. The van der Waals surface area contributed by atoms with E-state index >= 15 is 0 Å². The van der Waals surface area contributed by atoms with Crippen molar-refractivity contribution in [2.24, 2.45) is 0 Å². The van der Waals surface area contributed by atoms with E-state index in [0.717, 1.165) is 70.0 Å². The molecule has 306 valence electrons. The van der Waals surface area contributed by atoms with Crippen LogP contribution >= 0.6 is 0 Å². The normalized spacial score (nSPS) is 12.8. The number of para-hydroxylation sites is 3. The third-order valence-electron chi connectivity index (χ3n) is 13.3. The van der Waals surface area contributed by atoms with Gasteiger partial charge in [-0.3, -0.25) is 9.55 Å². The predicted molar refractivity (Wildman–Crippen MR) is 266 cm³/mol. The molecule has 9 aromatic rings. The first kappa shape index (κ1) is 38.7. The fourth-order valence-corrected chi connectivity index (χ4v) is 9.90. The van der Waals surface area contributed by atoms with E-state index in [1.54, 1.807) is 0 Å². The van der Waals surface area contributed by atoms with Crippen molar-refractivity contribution in [3.63, 3.8) is 0 Å².